The van der Waals surface area contributed by atoms with Gasteiger partial charge in [-0.2, -0.15) is 0 Å². The number of ether oxygens (including phenoxy) is 2. The number of hydrogen-bond acceptors (Lipinski definition) is 6. The Kier molecular flexibility index (Phi) is 6.77. The first-order chi connectivity index (χ1) is 12.9. The fourth-order valence-corrected chi connectivity index (χ4v) is 5.01. The molecule has 7 heteroatoms. The molecule has 2 bridgehead atoms. The summed E-state index contributed by atoms with van der Waals surface area (Å²) in [5.41, 5.74) is 0.478. The molecule has 1 saturated heterocycles. The van der Waals surface area contributed by atoms with Crippen molar-refractivity contribution in [2.75, 3.05) is 13.7 Å². The summed E-state index contributed by atoms with van der Waals surface area (Å²) in [6.07, 6.45) is 6.89. The molecule has 6 nitrogen and oxygen atoms in total. The first-order valence-corrected chi connectivity index (χ1v) is 10.9. The van der Waals surface area contributed by atoms with Crippen LogP contribution in [0, 0.1) is 0 Å². The molecular formula is C20H29O6P. The zero-order chi connectivity index (χ0) is 19.3. The molecule has 0 spiro atoms. The molecule has 0 aliphatic carbocycles. The van der Waals surface area contributed by atoms with Crippen molar-refractivity contribution in [1.82, 2.24) is 0 Å². The van der Waals surface area contributed by atoms with Crippen LogP contribution in [-0.2, 0) is 29.5 Å². The van der Waals surface area contributed by atoms with E-state index in [0.717, 1.165) is 30.6 Å². The van der Waals surface area contributed by atoms with Crippen LogP contribution < -0.4 is 4.74 Å². The summed E-state index contributed by atoms with van der Waals surface area (Å²) >= 11 is 0. The first kappa shape index (κ1) is 20.6. The highest BCUT2D eigenvalue weighted by Gasteiger charge is 2.44. The highest BCUT2D eigenvalue weighted by Crippen LogP contribution is 2.59. The third-order valence-electron chi connectivity index (χ3n) is 4.59. The standard InChI is InChI=1S/C20H29O6P/c1-20(2)12-11-19-14-18(24-27(21,25-19)26-20)6-4-5-13-23-15-16-7-9-17(22-3)10-8-16/h7-12,18-19H,4-6,13-15H2,1-3H3/t18-,19-,27?/m0/s1. The molecule has 1 aromatic rings. The predicted molar refractivity (Wildman–Crippen MR) is 103 cm³/mol. The molecule has 1 fully saturated rings. The Labute approximate surface area is 161 Å². The van der Waals surface area contributed by atoms with Gasteiger partial charge < -0.3 is 9.47 Å². The van der Waals surface area contributed by atoms with Crippen molar-refractivity contribution in [1.29, 1.82) is 0 Å². The summed E-state index contributed by atoms with van der Waals surface area (Å²) < 4.78 is 40.3. The van der Waals surface area contributed by atoms with Gasteiger partial charge in [-0.3, -0.25) is 13.6 Å². The summed E-state index contributed by atoms with van der Waals surface area (Å²) in [7, 11) is -1.84. The Bertz CT molecular complexity index is 684. The summed E-state index contributed by atoms with van der Waals surface area (Å²) in [6, 6.07) is 7.87. The lowest BCUT2D eigenvalue weighted by molar-refractivity contribution is -0.0139. The maximum Gasteiger partial charge on any atom is 0.476 e. The SMILES string of the molecule is COc1ccc(COCCCC[C@H]2C[C@@H]3C=CC(C)(C)OP(=O)(O2)O3)cc1. The van der Waals surface area contributed by atoms with Crippen LogP contribution in [0.15, 0.2) is 36.4 Å². The maximum absolute atomic E-state index is 12.7. The van der Waals surface area contributed by atoms with Crippen LogP contribution in [-0.4, -0.2) is 31.5 Å². The third kappa shape index (κ3) is 6.16. The Morgan fingerprint density at radius 1 is 1.19 bits per heavy atom. The minimum absolute atomic E-state index is 0.116. The van der Waals surface area contributed by atoms with Crippen molar-refractivity contribution in [2.45, 2.75) is 63.9 Å². The minimum Gasteiger partial charge on any atom is -0.497 e. The molecular weight excluding hydrogens is 367 g/mol. The molecule has 3 rings (SSSR count). The molecule has 2 aliphatic heterocycles. The van der Waals surface area contributed by atoms with E-state index in [4.69, 9.17) is 23.0 Å². The fourth-order valence-electron chi connectivity index (χ4n) is 3.19. The van der Waals surface area contributed by atoms with Crippen molar-refractivity contribution < 1.29 is 27.6 Å². The molecule has 1 unspecified atom stereocenters. The number of unbranched alkanes of at least 4 members (excludes halogenated alkanes) is 1. The van der Waals surface area contributed by atoms with E-state index in [0.29, 0.717) is 19.6 Å². The molecule has 0 amide bonds. The fraction of sp³-hybridized carbons (Fsp3) is 0.600. The molecule has 150 valence electrons. The molecule has 0 saturated carbocycles. The number of phosphoric acid groups is 1. The molecule has 1 aromatic carbocycles. The Hall–Kier alpha value is -1.17. The molecule has 2 heterocycles. The van der Waals surface area contributed by atoms with Gasteiger partial charge in [0.2, 0.25) is 0 Å². The Morgan fingerprint density at radius 3 is 2.70 bits per heavy atom. The van der Waals surface area contributed by atoms with Crippen molar-refractivity contribution in [2.24, 2.45) is 0 Å². The second kappa shape index (κ2) is 8.89. The van der Waals surface area contributed by atoms with Gasteiger partial charge in [0.15, 0.2) is 0 Å². The van der Waals surface area contributed by atoms with E-state index in [2.05, 4.69) is 0 Å². The van der Waals surface area contributed by atoms with Gasteiger partial charge in [-0.25, -0.2) is 4.57 Å². The van der Waals surface area contributed by atoms with E-state index in [1.54, 1.807) is 7.11 Å². The van der Waals surface area contributed by atoms with E-state index in [-0.39, 0.29) is 12.2 Å². The predicted octanol–water partition coefficient (Wildman–Crippen LogP) is 5.03. The van der Waals surface area contributed by atoms with Crippen LogP contribution in [0.2, 0.25) is 0 Å². The van der Waals surface area contributed by atoms with Crippen molar-refractivity contribution in [3.8, 4) is 5.75 Å². The van der Waals surface area contributed by atoms with Gasteiger partial charge in [0.25, 0.3) is 0 Å². The number of rotatable bonds is 8. The highest BCUT2D eigenvalue weighted by molar-refractivity contribution is 7.48. The van der Waals surface area contributed by atoms with Crippen LogP contribution in [0.3, 0.4) is 0 Å². The van der Waals surface area contributed by atoms with Gasteiger partial charge in [-0.15, -0.1) is 0 Å². The van der Waals surface area contributed by atoms with E-state index in [9.17, 15) is 4.57 Å². The Balaban J connectivity index is 1.36. The lowest BCUT2D eigenvalue weighted by Crippen LogP contribution is -2.28. The molecule has 0 N–H and O–H groups in total. The smallest absolute Gasteiger partial charge is 0.476 e. The van der Waals surface area contributed by atoms with Crippen LogP contribution in [0.1, 0.15) is 45.1 Å². The van der Waals surface area contributed by atoms with Gasteiger partial charge in [0.05, 0.1) is 31.5 Å². The second-order valence-corrected chi connectivity index (χ2v) is 9.00. The van der Waals surface area contributed by atoms with Crippen molar-refractivity contribution >= 4 is 7.82 Å². The Morgan fingerprint density at radius 2 is 1.96 bits per heavy atom. The molecule has 0 aromatic heterocycles. The normalized spacial score (nSPS) is 29.3. The molecule has 3 atom stereocenters. The van der Waals surface area contributed by atoms with Crippen LogP contribution in [0.25, 0.3) is 0 Å². The number of fused-ring (bicyclic) bond motifs is 2. The maximum atomic E-state index is 12.7. The van der Waals surface area contributed by atoms with E-state index in [1.165, 1.54) is 0 Å². The topological polar surface area (TPSA) is 63.2 Å². The van der Waals surface area contributed by atoms with Crippen molar-refractivity contribution in [3.63, 3.8) is 0 Å². The van der Waals surface area contributed by atoms with E-state index in [1.807, 2.05) is 50.3 Å². The van der Waals surface area contributed by atoms with Crippen molar-refractivity contribution in [3.05, 3.63) is 42.0 Å². The molecule has 27 heavy (non-hydrogen) atoms. The number of methoxy groups -OCH3 is 1. The highest BCUT2D eigenvalue weighted by atomic mass is 31.2. The quantitative estimate of drug-likeness (QED) is 0.349. The number of phosphoric ester groups is 1. The zero-order valence-electron chi connectivity index (χ0n) is 16.3. The number of benzene rings is 1. The van der Waals surface area contributed by atoms with Gasteiger partial charge in [-0.1, -0.05) is 24.3 Å². The van der Waals surface area contributed by atoms with Gasteiger partial charge in [-0.05, 0) is 50.8 Å². The first-order valence-electron chi connectivity index (χ1n) is 9.45. The lowest BCUT2D eigenvalue weighted by atomic mass is 10.0. The zero-order valence-corrected chi connectivity index (χ0v) is 17.2. The summed E-state index contributed by atoms with van der Waals surface area (Å²) in [5, 5.41) is 0. The second-order valence-electron chi connectivity index (χ2n) is 7.50. The van der Waals surface area contributed by atoms with Crippen LogP contribution in [0.4, 0.5) is 0 Å². The van der Waals surface area contributed by atoms with E-state index < -0.39 is 13.4 Å². The van der Waals surface area contributed by atoms with E-state index >= 15 is 0 Å². The lowest BCUT2D eigenvalue weighted by Gasteiger charge is -2.33. The summed E-state index contributed by atoms with van der Waals surface area (Å²) in [4.78, 5) is 0. The average molecular weight is 396 g/mol. The van der Waals surface area contributed by atoms with Gasteiger partial charge in [0.1, 0.15) is 5.75 Å². The third-order valence-corrected chi connectivity index (χ3v) is 6.37. The number of hydrogen-bond donors (Lipinski definition) is 0. The minimum atomic E-state index is -3.50. The monoisotopic (exact) mass is 396 g/mol. The largest absolute Gasteiger partial charge is 0.497 e. The molecule has 2 aliphatic rings. The summed E-state index contributed by atoms with van der Waals surface area (Å²) in [6.45, 7) is 4.97. The molecule has 0 radical (unpaired) electrons. The van der Waals surface area contributed by atoms with Crippen LogP contribution in [0.5, 0.6) is 5.75 Å². The van der Waals surface area contributed by atoms with Gasteiger partial charge >= 0.3 is 7.82 Å². The summed E-state index contributed by atoms with van der Waals surface area (Å²) in [5.74, 6) is 0.844. The van der Waals surface area contributed by atoms with Gasteiger partial charge in [0, 0.05) is 13.0 Å². The van der Waals surface area contributed by atoms with Crippen LogP contribution >= 0.6 is 7.82 Å². The average Bonchev–Trinajstić information content (AvgIpc) is 2.70.